The van der Waals surface area contributed by atoms with Gasteiger partial charge in [0.25, 0.3) is 0 Å². The van der Waals surface area contributed by atoms with Crippen molar-refractivity contribution in [2.24, 2.45) is 0 Å². The third-order valence-corrected chi connectivity index (χ3v) is 7.58. The Balaban J connectivity index is 1.33. The van der Waals surface area contributed by atoms with E-state index in [9.17, 15) is 4.79 Å². The Morgan fingerprint density at radius 1 is 1.15 bits per heavy atom. The summed E-state index contributed by atoms with van der Waals surface area (Å²) in [6.07, 6.45) is 6.87. The Bertz CT molecular complexity index is 1580. The predicted octanol–water partition coefficient (Wildman–Crippen LogP) is 4.04. The van der Waals surface area contributed by atoms with Crippen LogP contribution in [0, 0.1) is 17.1 Å². The molecule has 6 rings (SSSR count). The molecule has 1 unspecified atom stereocenters. The summed E-state index contributed by atoms with van der Waals surface area (Å²) in [6, 6.07) is 14.7. The molecule has 0 saturated carbocycles. The number of hydrogen-bond acceptors (Lipinski definition) is 8. The first kappa shape index (κ1) is 26.7. The van der Waals surface area contributed by atoms with Gasteiger partial charge in [-0.3, -0.25) is 4.79 Å². The van der Waals surface area contributed by atoms with Gasteiger partial charge in [-0.05, 0) is 75.2 Å². The molecular formula is C30H31FN8O2. The van der Waals surface area contributed by atoms with Gasteiger partial charge in [0.05, 0.1) is 23.3 Å². The van der Waals surface area contributed by atoms with E-state index in [0.717, 1.165) is 50.0 Å². The van der Waals surface area contributed by atoms with Crippen LogP contribution >= 0.6 is 0 Å². The largest absolute Gasteiger partial charge is 0.490 e. The SMILES string of the molecule is N#CCC(=O)N1CCCC(Nc2nc(-c3cnn4ccccc34)nc(-c3ccc(OC4CCNCC4)cc3)c2F)C1. The Morgan fingerprint density at radius 3 is 2.78 bits per heavy atom. The van der Waals surface area contributed by atoms with Crippen LogP contribution in [0.5, 0.6) is 5.75 Å². The molecule has 210 valence electrons. The monoisotopic (exact) mass is 554 g/mol. The summed E-state index contributed by atoms with van der Waals surface area (Å²) in [6.45, 7) is 2.81. The topological polar surface area (TPSA) is 120 Å². The average molecular weight is 555 g/mol. The molecule has 0 spiro atoms. The molecule has 0 bridgehead atoms. The number of hydrogen-bond donors (Lipinski definition) is 2. The van der Waals surface area contributed by atoms with Gasteiger partial charge >= 0.3 is 0 Å². The fourth-order valence-electron chi connectivity index (χ4n) is 5.45. The zero-order valence-corrected chi connectivity index (χ0v) is 22.6. The third-order valence-electron chi connectivity index (χ3n) is 7.58. The van der Waals surface area contributed by atoms with Crippen LogP contribution in [-0.4, -0.2) is 68.7 Å². The number of fused-ring (bicyclic) bond motifs is 1. The first-order valence-electron chi connectivity index (χ1n) is 14.0. The van der Waals surface area contributed by atoms with E-state index in [1.54, 1.807) is 15.6 Å². The van der Waals surface area contributed by atoms with Gasteiger partial charge in [-0.25, -0.2) is 18.9 Å². The van der Waals surface area contributed by atoms with E-state index in [-0.39, 0.29) is 36.0 Å². The molecule has 2 saturated heterocycles. The van der Waals surface area contributed by atoms with E-state index in [2.05, 4.69) is 25.7 Å². The number of anilines is 1. The predicted molar refractivity (Wildman–Crippen MR) is 152 cm³/mol. The second-order valence-electron chi connectivity index (χ2n) is 10.4. The van der Waals surface area contributed by atoms with Crippen LogP contribution in [-0.2, 0) is 4.79 Å². The van der Waals surface area contributed by atoms with Gasteiger partial charge in [-0.2, -0.15) is 10.4 Å². The second kappa shape index (κ2) is 11.9. The molecule has 2 aliphatic rings. The first-order valence-corrected chi connectivity index (χ1v) is 14.0. The van der Waals surface area contributed by atoms with Gasteiger partial charge in [0.2, 0.25) is 5.91 Å². The molecule has 4 aromatic rings. The fraction of sp³-hybridized carbons (Fsp3) is 0.367. The molecule has 11 heteroatoms. The van der Waals surface area contributed by atoms with Crippen molar-refractivity contribution in [3.8, 4) is 34.5 Å². The molecule has 1 aromatic carbocycles. The standard InChI is InChI=1S/C30H31FN8O2/c31-27-28(20-6-8-22(9-7-20)41-23-11-14-33-15-12-23)36-29(24-18-34-39-17-2-1-5-25(24)39)37-30(27)35-21-4-3-16-38(19-21)26(40)10-13-32/h1-2,5-9,17-18,21,23,33H,3-4,10-12,14-16,19H2,(H,35,36,37). The lowest BCUT2D eigenvalue weighted by molar-refractivity contribution is -0.131. The zero-order chi connectivity index (χ0) is 28.2. The molecule has 5 heterocycles. The van der Waals surface area contributed by atoms with Crippen LogP contribution in [0.25, 0.3) is 28.2 Å². The lowest BCUT2D eigenvalue weighted by Crippen LogP contribution is -2.45. The smallest absolute Gasteiger partial charge is 0.236 e. The van der Waals surface area contributed by atoms with E-state index < -0.39 is 5.82 Å². The van der Waals surface area contributed by atoms with Crippen molar-refractivity contribution in [1.29, 1.82) is 5.26 Å². The highest BCUT2D eigenvalue weighted by atomic mass is 19.1. The summed E-state index contributed by atoms with van der Waals surface area (Å²) in [4.78, 5) is 23.3. The number of nitriles is 1. The number of rotatable bonds is 7. The molecule has 41 heavy (non-hydrogen) atoms. The maximum atomic E-state index is 16.1. The summed E-state index contributed by atoms with van der Waals surface area (Å²) in [5.41, 5.74) is 2.23. The number of nitrogens with zero attached hydrogens (tertiary/aromatic N) is 6. The van der Waals surface area contributed by atoms with Crippen LogP contribution in [0.1, 0.15) is 32.1 Å². The number of likely N-dealkylation sites (tertiary alicyclic amines) is 1. The molecule has 2 aliphatic heterocycles. The van der Waals surface area contributed by atoms with Crippen molar-refractivity contribution in [3.63, 3.8) is 0 Å². The van der Waals surface area contributed by atoms with Crippen LogP contribution in [0.15, 0.2) is 54.9 Å². The Kier molecular flexibility index (Phi) is 7.73. The highest BCUT2D eigenvalue weighted by molar-refractivity contribution is 5.79. The van der Waals surface area contributed by atoms with Gasteiger partial charge in [-0.1, -0.05) is 6.07 Å². The highest BCUT2D eigenvalue weighted by Crippen LogP contribution is 2.32. The molecule has 0 radical (unpaired) electrons. The maximum absolute atomic E-state index is 16.1. The summed E-state index contributed by atoms with van der Waals surface area (Å²) in [5, 5.41) is 19.9. The normalized spacial score (nSPS) is 17.8. The van der Waals surface area contributed by atoms with Crippen LogP contribution in [0.2, 0.25) is 0 Å². The van der Waals surface area contributed by atoms with Gasteiger partial charge < -0.3 is 20.3 Å². The number of amides is 1. The number of carbonyl (C=O) groups is 1. The number of aromatic nitrogens is 4. The van der Waals surface area contributed by atoms with Crippen LogP contribution < -0.4 is 15.4 Å². The highest BCUT2D eigenvalue weighted by Gasteiger charge is 2.26. The van der Waals surface area contributed by atoms with E-state index in [4.69, 9.17) is 10.00 Å². The number of halogens is 1. The van der Waals surface area contributed by atoms with Gasteiger partial charge in [0, 0.05) is 30.9 Å². The molecular weight excluding hydrogens is 523 g/mol. The van der Waals surface area contributed by atoms with Crippen molar-refractivity contribution in [3.05, 3.63) is 60.7 Å². The lowest BCUT2D eigenvalue weighted by atomic mass is 10.0. The Morgan fingerprint density at radius 2 is 1.98 bits per heavy atom. The molecule has 1 atom stereocenters. The fourth-order valence-corrected chi connectivity index (χ4v) is 5.45. The minimum atomic E-state index is -0.572. The number of benzene rings is 1. The molecule has 2 fully saturated rings. The molecule has 3 aromatic heterocycles. The summed E-state index contributed by atoms with van der Waals surface area (Å²) in [5.74, 6) is 0.350. The van der Waals surface area contributed by atoms with E-state index >= 15 is 4.39 Å². The molecule has 1 amide bonds. The number of pyridine rings is 1. The molecule has 10 nitrogen and oxygen atoms in total. The molecule has 0 aliphatic carbocycles. The van der Waals surface area contributed by atoms with Gasteiger partial charge in [0.15, 0.2) is 17.5 Å². The number of carbonyl (C=O) groups excluding carboxylic acids is 1. The third kappa shape index (κ3) is 5.83. The van der Waals surface area contributed by atoms with Crippen molar-refractivity contribution < 1.29 is 13.9 Å². The van der Waals surface area contributed by atoms with Crippen molar-refractivity contribution in [2.45, 2.75) is 44.2 Å². The number of ether oxygens (including phenoxy) is 1. The van der Waals surface area contributed by atoms with E-state index in [0.29, 0.717) is 30.0 Å². The quantitative estimate of drug-likeness (QED) is 0.351. The van der Waals surface area contributed by atoms with Crippen molar-refractivity contribution in [2.75, 3.05) is 31.5 Å². The van der Waals surface area contributed by atoms with Gasteiger partial charge in [-0.15, -0.1) is 0 Å². The van der Waals surface area contributed by atoms with Crippen molar-refractivity contribution in [1.82, 2.24) is 29.8 Å². The maximum Gasteiger partial charge on any atom is 0.236 e. The lowest BCUT2D eigenvalue weighted by Gasteiger charge is -2.33. The van der Waals surface area contributed by atoms with Crippen LogP contribution in [0.4, 0.5) is 10.2 Å². The van der Waals surface area contributed by atoms with Crippen molar-refractivity contribution >= 4 is 17.2 Å². The number of nitrogens with one attached hydrogen (secondary N) is 2. The zero-order valence-electron chi connectivity index (χ0n) is 22.6. The minimum Gasteiger partial charge on any atom is -0.490 e. The summed E-state index contributed by atoms with van der Waals surface area (Å²) >= 11 is 0. The van der Waals surface area contributed by atoms with Gasteiger partial charge in [0.1, 0.15) is 24.0 Å². The average Bonchev–Trinajstić information content (AvgIpc) is 3.44. The Labute approximate surface area is 237 Å². The Hall–Kier alpha value is -4.56. The van der Waals surface area contributed by atoms with E-state index in [1.165, 1.54) is 0 Å². The number of piperidine rings is 2. The van der Waals surface area contributed by atoms with E-state index in [1.807, 2.05) is 54.7 Å². The van der Waals surface area contributed by atoms with Crippen LogP contribution in [0.3, 0.4) is 0 Å². The summed E-state index contributed by atoms with van der Waals surface area (Å²) < 4.78 is 24.0. The minimum absolute atomic E-state index is 0.0647. The second-order valence-corrected chi connectivity index (χ2v) is 10.4. The molecule has 2 N–H and O–H groups in total. The first-order chi connectivity index (χ1) is 20.1. The summed E-state index contributed by atoms with van der Waals surface area (Å²) in [7, 11) is 0.